The fourth-order valence-electron chi connectivity index (χ4n) is 2.98. The number of nitrogens with one attached hydrogen (secondary N) is 2. The number of aromatic nitrogens is 2. The molecule has 6 nitrogen and oxygen atoms in total. The molecule has 1 amide bonds. The minimum atomic E-state index is -0.0867. The second-order valence-electron chi connectivity index (χ2n) is 5.67. The van der Waals surface area contributed by atoms with E-state index in [1.807, 2.05) is 24.4 Å². The number of fused-ring (bicyclic) bond motifs is 1. The molecule has 23 heavy (non-hydrogen) atoms. The summed E-state index contributed by atoms with van der Waals surface area (Å²) in [5.74, 6) is 0.772. The van der Waals surface area contributed by atoms with Gasteiger partial charge in [0.2, 0.25) is 5.91 Å². The number of benzene rings is 1. The Morgan fingerprint density at radius 3 is 3.13 bits per heavy atom. The monoisotopic (exact) mass is 332 g/mol. The zero-order chi connectivity index (χ0) is 16.4. The van der Waals surface area contributed by atoms with Gasteiger partial charge in [0.05, 0.1) is 6.04 Å². The second kappa shape index (κ2) is 6.55. The number of carbonyl (C=O) groups excluding carboxylic acids is 1. The second-order valence-corrected chi connectivity index (χ2v) is 6.05. The highest BCUT2D eigenvalue weighted by Crippen LogP contribution is 2.32. The van der Waals surface area contributed by atoms with Crippen molar-refractivity contribution >= 4 is 23.8 Å². The summed E-state index contributed by atoms with van der Waals surface area (Å²) in [5, 5.41) is 2.80. The lowest BCUT2D eigenvalue weighted by molar-refractivity contribution is -0.114. The number of rotatable bonds is 4. The predicted octanol–water partition coefficient (Wildman–Crippen LogP) is 2.18. The molecular weight excluding hydrogens is 312 g/mol. The van der Waals surface area contributed by atoms with Gasteiger partial charge in [-0.15, -0.1) is 0 Å². The summed E-state index contributed by atoms with van der Waals surface area (Å²) in [6.07, 6.45) is 3.48. The molecule has 1 aromatic carbocycles. The minimum Gasteiger partial charge on any atom is -0.491 e. The number of nitrogens with zero attached hydrogens (tertiary/aromatic N) is 1. The van der Waals surface area contributed by atoms with Gasteiger partial charge in [0.1, 0.15) is 12.4 Å². The molecule has 122 valence electrons. The van der Waals surface area contributed by atoms with Crippen molar-refractivity contribution in [1.29, 1.82) is 0 Å². The van der Waals surface area contributed by atoms with Crippen LogP contribution in [0.15, 0.2) is 24.4 Å². The highest BCUT2D eigenvalue weighted by atomic mass is 32.1. The van der Waals surface area contributed by atoms with Gasteiger partial charge in [-0.1, -0.05) is 0 Å². The molecule has 2 heterocycles. The molecule has 0 unspecified atom stereocenters. The number of hydrogen-bond donors (Lipinski definition) is 3. The lowest BCUT2D eigenvalue weighted by atomic mass is 10.0. The van der Waals surface area contributed by atoms with Gasteiger partial charge in [-0.05, 0) is 42.5 Å². The Labute approximate surface area is 139 Å². The van der Waals surface area contributed by atoms with Crippen molar-refractivity contribution in [3.05, 3.63) is 40.4 Å². The maximum atomic E-state index is 11.2. The van der Waals surface area contributed by atoms with Crippen molar-refractivity contribution in [3.63, 3.8) is 0 Å². The van der Waals surface area contributed by atoms with Crippen LogP contribution in [0.4, 0.5) is 5.69 Å². The largest absolute Gasteiger partial charge is 0.491 e. The average molecular weight is 332 g/mol. The van der Waals surface area contributed by atoms with Crippen molar-refractivity contribution < 1.29 is 9.53 Å². The number of H-pyrrole nitrogens is 1. The highest BCUT2D eigenvalue weighted by molar-refractivity contribution is 7.71. The van der Waals surface area contributed by atoms with Gasteiger partial charge in [0, 0.05) is 37.3 Å². The van der Waals surface area contributed by atoms with E-state index >= 15 is 0 Å². The van der Waals surface area contributed by atoms with Gasteiger partial charge in [-0.25, -0.2) is 0 Å². The molecule has 1 aliphatic rings. The smallest absolute Gasteiger partial charge is 0.221 e. The van der Waals surface area contributed by atoms with Crippen LogP contribution in [0.2, 0.25) is 0 Å². The van der Waals surface area contributed by atoms with Crippen LogP contribution >= 0.6 is 12.2 Å². The van der Waals surface area contributed by atoms with Crippen molar-refractivity contribution in [2.24, 2.45) is 5.73 Å². The van der Waals surface area contributed by atoms with E-state index in [1.54, 1.807) is 0 Å². The highest BCUT2D eigenvalue weighted by Gasteiger charge is 2.24. The fraction of sp³-hybridized carbons (Fsp3) is 0.375. The molecule has 0 saturated carbocycles. The standard InChI is InChI=1S/C16H20N4O2S/c1-10(21)19-12-2-3-15-11(6-12)7-14(9-22-15)20-13(4-5-17)8-18-16(20)23/h2-3,6,8,14H,4-5,7,9,17H2,1H3,(H,18,23)(H,19,21)/t14-/m0/s1. The number of hydrogen-bond acceptors (Lipinski definition) is 4. The maximum absolute atomic E-state index is 11.2. The van der Waals surface area contributed by atoms with Gasteiger partial charge in [-0.3, -0.25) is 4.79 Å². The molecule has 0 radical (unpaired) electrons. The molecule has 0 aliphatic carbocycles. The number of carbonyl (C=O) groups is 1. The first-order chi connectivity index (χ1) is 11.1. The molecule has 2 aromatic rings. The Bertz CT molecular complexity index is 781. The van der Waals surface area contributed by atoms with Crippen LogP contribution in [0.5, 0.6) is 5.75 Å². The predicted molar refractivity (Wildman–Crippen MR) is 91.4 cm³/mol. The van der Waals surface area contributed by atoms with Crippen LogP contribution < -0.4 is 15.8 Å². The normalized spacial score (nSPS) is 16.5. The van der Waals surface area contributed by atoms with E-state index in [4.69, 9.17) is 22.7 Å². The molecule has 1 aromatic heterocycles. The van der Waals surface area contributed by atoms with Crippen LogP contribution in [-0.2, 0) is 17.6 Å². The van der Waals surface area contributed by atoms with E-state index in [2.05, 4.69) is 14.9 Å². The van der Waals surface area contributed by atoms with Crippen LogP contribution in [-0.4, -0.2) is 28.6 Å². The zero-order valence-corrected chi connectivity index (χ0v) is 13.8. The van der Waals surface area contributed by atoms with E-state index in [0.29, 0.717) is 17.9 Å². The molecule has 1 aliphatic heterocycles. The third kappa shape index (κ3) is 3.30. The average Bonchev–Trinajstić information content (AvgIpc) is 2.87. The molecule has 0 spiro atoms. The number of ether oxygens (including phenoxy) is 1. The first kappa shape index (κ1) is 15.8. The Balaban J connectivity index is 1.89. The Kier molecular flexibility index (Phi) is 4.49. The SMILES string of the molecule is CC(=O)Nc1ccc2c(c1)C[C@H](n1c(CCN)c[nH]c1=S)CO2. The molecule has 7 heteroatoms. The Hall–Kier alpha value is -2.12. The van der Waals surface area contributed by atoms with E-state index in [-0.39, 0.29) is 11.9 Å². The van der Waals surface area contributed by atoms with Crippen LogP contribution in [0.1, 0.15) is 24.2 Å². The number of anilines is 1. The van der Waals surface area contributed by atoms with Gasteiger partial charge in [0.15, 0.2) is 4.77 Å². The minimum absolute atomic E-state index is 0.0867. The molecule has 1 atom stereocenters. The van der Waals surface area contributed by atoms with Crippen molar-refractivity contribution in [2.45, 2.75) is 25.8 Å². The van der Waals surface area contributed by atoms with Gasteiger partial charge >= 0.3 is 0 Å². The number of aromatic amines is 1. The van der Waals surface area contributed by atoms with Crippen LogP contribution in [0.3, 0.4) is 0 Å². The van der Waals surface area contributed by atoms with E-state index in [0.717, 1.165) is 35.5 Å². The summed E-state index contributed by atoms with van der Waals surface area (Å²) < 4.78 is 8.66. The Morgan fingerprint density at radius 2 is 2.39 bits per heavy atom. The molecule has 0 saturated heterocycles. The molecule has 3 rings (SSSR count). The first-order valence-corrected chi connectivity index (χ1v) is 8.01. The van der Waals surface area contributed by atoms with E-state index in [9.17, 15) is 4.79 Å². The van der Waals surface area contributed by atoms with Gasteiger partial charge in [-0.2, -0.15) is 0 Å². The number of imidazole rings is 1. The molecule has 0 bridgehead atoms. The molecule has 0 fully saturated rings. The lowest BCUT2D eigenvalue weighted by Gasteiger charge is -2.28. The van der Waals surface area contributed by atoms with Crippen molar-refractivity contribution in [2.75, 3.05) is 18.5 Å². The van der Waals surface area contributed by atoms with Gasteiger partial charge in [0.25, 0.3) is 0 Å². The first-order valence-electron chi connectivity index (χ1n) is 7.60. The molecule has 4 N–H and O–H groups in total. The zero-order valence-electron chi connectivity index (χ0n) is 13.0. The summed E-state index contributed by atoms with van der Waals surface area (Å²) >= 11 is 5.40. The van der Waals surface area contributed by atoms with Crippen molar-refractivity contribution in [1.82, 2.24) is 9.55 Å². The van der Waals surface area contributed by atoms with Crippen LogP contribution in [0.25, 0.3) is 0 Å². The Morgan fingerprint density at radius 1 is 1.57 bits per heavy atom. The fourth-order valence-corrected chi connectivity index (χ4v) is 3.31. The summed E-state index contributed by atoms with van der Waals surface area (Å²) in [4.78, 5) is 14.3. The van der Waals surface area contributed by atoms with Gasteiger partial charge < -0.3 is 25.3 Å². The van der Waals surface area contributed by atoms with E-state index < -0.39 is 0 Å². The summed E-state index contributed by atoms with van der Waals surface area (Å²) in [5.41, 5.74) is 8.61. The molecular formula is C16H20N4O2S. The number of nitrogens with two attached hydrogens (primary N) is 1. The van der Waals surface area contributed by atoms with Crippen LogP contribution in [0, 0.1) is 4.77 Å². The topological polar surface area (TPSA) is 85.1 Å². The lowest BCUT2D eigenvalue weighted by Crippen LogP contribution is -2.26. The summed E-state index contributed by atoms with van der Waals surface area (Å²) in [6, 6.07) is 5.83. The third-order valence-electron chi connectivity index (χ3n) is 3.92. The summed E-state index contributed by atoms with van der Waals surface area (Å²) in [7, 11) is 0. The quantitative estimate of drug-likeness (QED) is 0.749. The third-order valence-corrected chi connectivity index (χ3v) is 4.24. The van der Waals surface area contributed by atoms with Crippen molar-refractivity contribution in [3.8, 4) is 5.75 Å². The number of amides is 1. The maximum Gasteiger partial charge on any atom is 0.221 e. The van der Waals surface area contributed by atoms with E-state index in [1.165, 1.54) is 6.92 Å². The summed E-state index contributed by atoms with van der Waals surface area (Å²) in [6.45, 7) is 2.64.